The van der Waals surface area contributed by atoms with Gasteiger partial charge in [0.1, 0.15) is 0 Å². The lowest BCUT2D eigenvalue weighted by atomic mass is 9.87. The molecular formula is C16H22ClN3O3. The van der Waals surface area contributed by atoms with Crippen LogP contribution in [0.15, 0.2) is 18.2 Å². The van der Waals surface area contributed by atoms with Crippen molar-refractivity contribution in [1.29, 1.82) is 0 Å². The van der Waals surface area contributed by atoms with Crippen LogP contribution in [-0.4, -0.2) is 50.3 Å². The molecule has 1 aromatic rings. The first-order chi connectivity index (χ1) is 10.7. The normalized spacial score (nSPS) is 25.6. The molecule has 6 nitrogen and oxygen atoms in total. The van der Waals surface area contributed by atoms with Crippen LogP contribution in [0, 0.1) is 5.41 Å². The van der Waals surface area contributed by atoms with E-state index in [0.717, 1.165) is 37.6 Å². The number of ether oxygens (including phenoxy) is 2. The summed E-state index contributed by atoms with van der Waals surface area (Å²) in [5.74, 6) is 1.45. The quantitative estimate of drug-likeness (QED) is 0.873. The first kappa shape index (κ1) is 16.4. The van der Waals surface area contributed by atoms with E-state index in [1.54, 1.807) is 0 Å². The SMILES string of the molecule is Cl.O=C(CN1CCC2(CCNC2)C1)Nc1ccc2c(c1)OCO2. The Morgan fingerprint density at radius 1 is 1.30 bits per heavy atom. The summed E-state index contributed by atoms with van der Waals surface area (Å²) in [5.41, 5.74) is 1.16. The van der Waals surface area contributed by atoms with Crippen molar-refractivity contribution < 1.29 is 14.3 Å². The minimum absolute atomic E-state index is 0. The zero-order chi connectivity index (χ0) is 15.0. The van der Waals surface area contributed by atoms with Crippen molar-refractivity contribution in [3.05, 3.63) is 18.2 Å². The van der Waals surface area contributed by atoms with Crippen molar-refractivity contribution in [3.8, 4) is 11.5 Å². The third kappa shape index (κ3) is 3.39. The summed E-state index contributed by atoms with van der Waals surface area (Å²) in [7, 11) is 0. The molecule has 126 valence electrons. The fraction of sp³-hybridized carbons (Fsp3) is 0.562. The van der Waals surface area contributed by atoms with Crippen molar-refractivity contribution in [2.24, 2.45) is 5.41 Å². The van der Waals surface area contributed by atoms with Gasteiger partial charge in [-0.3, -0.25) is 9.69 Å². The topological polar surface area (TPSA) is 62.8 Å². The number of carbonyl (C=O) groups is 1. The molecule has 0 saturated carbocycles. The second-order valence-electron chi connectivity index (χ2n) is 6.50. The van der Waals surface area contributed by atoms with Crippen LogP contribution in [-0.2, 0) is 4.79 Å². The summed E-state index contributed by atoms with van der Waals surface area (Å²) in [5, 5.41) is 6.39. The van der Waals surface area contributed by atoms with E-state index >= 15 is 0 Å². The first-order valence-electron chi connectivity index (χ1n) is 7.85. The molecule has 0 aliphatic carbocycles. The highest BCUT2D eigenvalue weighted by Gasteiger charge is 2.40. The number of nitrogens with zero attached hydrogens (tertiary/aromatic N) is 1. The van der Waals surface area contributed by atoms with Crippen LogP contribution < -0.4 is 20.1 Å². The number of amides is 1. The molecule has 3 heterocycles. The monoisotopic (exact) mass is 339 g/mol. The average Bonchev–Trinajstić information content (AvgIpc) is 3.21. The number of likely N-dealkylation sites (tertiary alicyclic amines) is 1. The summed E-state index contributed by atoms with van der Waals surface area (Å²) < 4.78 is 10.6. The molecule has 23 heavy (non-hydrogen) atoms. The third-order valence-electron chi connectivity index (χ3n) is 4.87. The fourth-order valence-corrected chi connectivity index (χ4v) is 3.68. The van der Waals surface area contributed by atoms with Gasteiger partial charge in [0.05, 0.1) is 6.54 Å². The van der Waals surface area contributed by atoms with E-state index in [2.05, 4.69) is 15.5 Å². The van der Waals surface area contributed by atoms with Gasteiger partial charge in [-0.2, -0.15) is 0 Å². The van der Waals surface area contributed by atoms with Gasteiger partial charge < -0.3 is 20.1 Å². The second kappa shape index (κ2) is 6.55. The second-order valence-corrected chi connectivity index (χ2v) is 6.50. The predicted molar refractivity (Wildman–Crippen MR) is 89.4 cm³/mol. The molecule has 4 rings (SSSR count). The van der Waals surface area contributed by atoms with Crippen LogP contribution in [0.4, 0.5) is 5.69 Å². The molecule has 0 bridgehead atoms. The van der Waals surface area contributed by atoms with Gasteiger partial charge >= 0.3 is 0 Å². The molecule has 0 radical (unpaired) electrons. The van der Waals surface area contributed by atoms with Crippen molar-refractivity contribution in [1.82, 2.24) is 10.2 Å². The highest BCUT2D eigenvalue weighted by atomic mass is 35.5. The Kier molecular flexibility index (Phi) is 4.66. The number of benzene rings is 1. The Morgan fingerprint density at radius 3 is 3.00 bits per heavy atom. The molecule has 0 aromatic heterocycles. The molecule has 1 atom stereocenters. The Morgan fingerprint density at radius 2 is 2.17 bits per heavy atom. The van der Waals surface area contributed by atoms with Gasteiger partial charge in [0, 0.05) is 24.8 Å². The number of fused-ring (bicyclic) bond motifs is 1. The molecule has 2 N–H and O–H groups in total. The van der Waals surface area contributed by atoms with Gasteiger partial charge in [0.15, 0.2) is 11.5 Å². The zero-order valence-electron chi connectivity index (χ0n) is 13.0. The Labute approximate surface area is 141 Å². The summed E-state index contributed by atoms with van der Waals surface area (Å²) >= 11 is 0. The standard InChI is InChI=1S/C16H21N3O3.ClH/c20-15(8-19-6-4-16(10-19)3-5-17-9-16)18-12-1-2-13-14(7-12)22-11-21-13;/h1-2,7,17H,3-6,8-11H2,(H,18,20);1H. The number of anilines is 1. The smallest absolute Gasteiger partial charge is 0.238 e. The highest BCUT2D eigenvalue weighted by Crippen LogP contribution is 2.36. The minimum Gasteiger partial charge on any atom is -0.454 e. The predicted octanol–water partition coefficient (Wildman–Crippen LogP) is 1.46. The number of nitrogens with one attached hydrogen (secondary N) is 2. The highest BCUT2D eigenvalue weighted by molar-refractivity contribution is 5.92. The maximum absolute atomic E-state index is 12.2. The summed E-state index contributed by atoms with van der Waals surface area (Å²) in [6.45, 7) is 4.93. The molecular weight excluding hydrogens is 318 g/mol. The van der Waals surface area contributed by atoms with Crippen LogP contribution >= 0.6 is 12.4 Å². The first-order valence-corrected chi connectivity index (χ1v) is 7.85. The van der Waals surface area contributed by atoms with Crippen LogP contribution in [0.2, 0.25) is 0 Å². The van der Waals surface area contributed by atoms with E-state index in [4.69, 9.17) is 9.47 Å². The number of halogens is 1. The van der Waals surface area contributed by atoms with Crippen LogP contribution in [0.5, 0.6) is 11.5 Å². The molecule has 2 saturated heterocycles. The number of carbonyl (C=O) groups excluding carboxylic acids is 1. The van der Waals surface area contributed by atoms with E-state index in [-0.39, 0.29) is 25.1 Å². The lowest BCUT2D eigenvalue weighted by Crippen LogP contribution is -2.34. The third-order valence-corrected chi connectivity index (χ3v) is 4.87. The number of hydrogen-bond acceptors (Lipinski definition) is 5. The minimum atomic E-state index is 0. The van der Waals surface area contributed by atoms with Crippen molar-refractivity contribution in [2.75, 3.05) is 44.8 Å². The molecule has 7 heteroatoms. The summed E-state index contributed by atoms with van der Waals surface area (Å²) in [6, 6.07) is 5.48. The van der Waals surface area contributed by atoms with E-state index < -0.39 is 0 Å². The average molecular weight is 340 g/mol. The van der Waals surface area contributed by atoms with E-state index in [1.165, 1.54) is 12.8 Å². The largest absolute Gasteiger partial charge is 0.454 e. The van der Waals surface area contributed by atoms with Gasteiger partial charge in [0.25, 0.3) is 0 Å². The van der Waals surface area contributed by atoms with Gasteiger partial charge in [-0.05, 0) is 43.5 Å². The molecule has 1 spiro atoms. The fourth-order valence-electron chi connectivity index (χ4n) is 3.68. The van der Waals surface area contributed by atoms with Crippen molar-refractivity contribution >= 4 is 24.0 Å². The zero-order valence-corrected chi connectivity index (χ0v) is 13.8. The Balaban J connectivity index is 0.00000156. The van der Waals surface area contributed by atoms with E-state index in [1.807, 2.05) is 18.2 Å². The molecule has 1 amide bonds. The number of hydrogen-bond donors (Lipinski definition) is 2. The molecule has 3 aliphatic rings. The maximum atomic E-state index is 12.2. The van der Waals surface area contributed by atoms with E-state index in [0.29, 0.717) is 17.7 Å². The molecule has 2 fully saturated rings. The molecule has 1 unspecified atom stereocenters. The van der Waals surface area contributed by atoms with Gasteiger partial charge in [-0.15, -0.1) is 12.4 Å². The maximum Gasteiger partial charge on any atom is 0.238 e. The molecule has 1 aromatic carbocycles. The van der Waals surface area contributed by atoms with Crippen molar-refractivity contribution in [3.63, 3.8) is 0 Å². The summed E-state index contributed by atoms with van der Waals surface area (Å²) in [6.07, 6.45) is 2.42. The lowest BCUT2D eigenvalue weighted by molar-refractivity contribution is -0.117. The lowest BCUT2D eigenvalue weighted by Gasteiger charge is -2.22. The van der Waals surface area contributed by atoms with Crippen LogP contribution in [0.25, 0.3) is 0 Å². The Bertz CT molecular complexity index is 590. The number of rotatable bonds is 3. The van der Waals surface area contributed by atoms with Crippen LogP contribution in [0.1, 0.15) is 12.8 Å². The molecule has 3 aliphatic heterocycles. The van der Waals surface area contributed by atoms with E-state index in [9.17, 15) is 4.79 Å². The van der Waals surface area contributed by atoms with Gasteiger partial charge in [0.2, 0.25) is 12.7 Å². The van der Waals surface area contributed by atoms with Crippen molar-refractivity contribution in [2.45, 2.75) is 12.8 Å². The van der Waals surface area contributed by atoms with Gasteiger partial charge in [-0.1, -0.05) is 0 Å². The van der Waals surface area contributed by atoms with Crippen LogP contribution in [0.3, 0.4) is 0 Å². The summed E-state index contributed by atoms with van der Waals surface area (Å²) in [4.78, 5) is 14.5. The van der Waals surface area contributed by atoms with Gasteiger partial charge in [-0.25, -0.2) is 0 Å². The Hall–Kier alpha value is -1.50.